The number of aromatic nitrogens is 3. The standard InChI is InChI=1S/C45H29N3/c1-2-15-33(16-3-1)43-46-44(37-20-10-19-35(29-37)39-23-11-18-31-13-6-8-21-38(31)39)48-45(47-43)41-27-26-32-14-7-9-22-40(32)42(41)36-25-24-30-12-4-5-17-34(30)28-36/h1-29H. The highest BCUT2D eigenvalue weighted by atomic mass is 15.0. The third kappa shape index (κ3) is 4.99. The van der Waals surface area contributed by atoms with Crippen LogP contribution in [0.5, 0.6) is 0 Å². The molecule has 0 bridgehead atoms. The van der Waals surface area contributed by atoms with Crippen molar-refractivity contribution in [3.63, 3.8) is 0 Å². The molecule has 0 aliphatic rings. The molecule has 0 atom stereocenters. The first-order valence-corrected chi connectivity index (χ1v) is 16.2. The van der Waals surface area contributed by atoms with Crippen LogP contribution in [0.3, 0.4) is 0 Å². The summed E-state index contributed by atoms with van der Waals surface area (Å²) in [5, 5.41) is 7.17. The number of hydrogen-bond donors (Lipinski definition) is 0. The molecule has 0 amide bonds. The summed E-state index contributed by atoms with van der Waals surface area (Å²) in [5.41, 5.74) is 7.39. The minimum absolute atomic E-state index is 0.638. The number of hydrogen-bond acceptors (Lipinski definition) is 3. The van der Waals surface area contributed by atoms with Gasteiger partial charge in [0.05, 0.1) is 0 Å². The molecule has 0 saturated heterocycles. The van der Waals surface area contributed by atoms with Gasteiger partial charge in [-0.05, 0) is 67.2 Å². The first-order chi connectivity index (χ1) is 23.8. The maximum absolute atomic E-state index is 5.23. The van der Waals surface area contributed by atoms with Crippen LogP contribution in [-0.2, 0) is 0 Å². The Morgan fingerprint density at radius 1 is 0.271 bits per heavy atom. The summed E-state index contributed by atoms with van der Waals surface area (Å²) in [6.45, 7) is 0. The average molecular weight is 612 g/mol. The molecule has 224 valence electrons. The summed E-state index contributed by atoms with van der Waals surface area (Å²) in [6, 6.07) is 61.7. The highest BCUT2D eigenvalue weighted by Crippen LogP contribution is 2.39. The Balaban J connectivity index is 1.28. The van der Waals surface area contributed by atoms with E-state index in [1.807, 2.05) is 18.2 Å². The molecule has 1 aromatic heterocycles. The van der Waals surface area contributed by atoms with Gasteiger partial charge in [-0.1, -0.05) is 158 Å². The maximum Gasteiger partial charge on any atom is 0.164 e. The van der Waals surface area contributed by atoms with E-state index in [2.05, 4.69) is 158 Å². The first kappa shape index (κ1) is 27.8. The summed E-state index contributed by atoms with van der Waals surface area (Å²) >= 11 is 0. The van der Waals surface area contributed by atoms with E-state index in [1.165, 1.54) is 32.5 Å². The van der Waals surface area contributed by atoms with Gasteiger partial charge in [0.2, 0.25) is 0 Å². The molecule has 9 aromatic rings. The molecule has 48 heavy (non-hydrogen) atoms. The van der Waals surface area contributed by atoms with Crippen molar-refractivity contribution in [1.29, 1.82) is 0 Å². The van der Waals surface area contributed by atoms with Crippen molar-refractivity contribution in [2.75, 3.05) is 0 Å². The van der Waals surface area contributed by atoms with E-state index in [1.54, 1.807) is 0 Å². The minimum atomic E-state index is 0.638. The summed E-state index contributed by atoms with van der Waals surface area (Å²) in [6.07, 6.45) is 0. The van der Waals surface area contributed by atoms with Gasteiger partial charge in [0.25, 0.3) is 0 Å². The van der Waals surface area contributed by atoms with Crippen LogP contribution in [0.4, 0.5) is 0 Å². The van der Waals surface area contributed by atoms with Crippen LogP contribution in [0.2, 0.25) is 0 Å². The zero-order valence-corrected chi connectivity index (χ0v) is 26.1. The third-order valence-electron chi connectivity index (χ3n) is 9.10. The van der Waals surface area contributed by atoms with Crippen LogP contribution in [0, 0.1) is 0 Å². The molecule has 0 fully saturated rings. The topological polar surface area (TPSA) is 38.7 Å². The lowest BCUT2D eigenvalue weighted by atomic mass is 9.91. The minimum Gasteiger partial charge on any atom is -0.208 e. The Morgan fingerprint density at radius 2 is 0.833 bits per heavy atom. The molecule has 0 radical (unpaired) electrons. The van der Waals surface area contributed by atoms with Crippen LogP contribution in [0.15, 0.2) is 176 Å². The molecule has 8 aromatic carbocycles. The van der Waals surface area contributed by atoms with Crippen molar-refractivity contribution in [3.8, 4) is 56.4 Å². The molecule has 0 aliphatic carbocycles. The average Bonchev–Trinajstić information content (AvgIpc) is 3.17. The van der Waals surface area contributed by atoms with E-state index in [9.17, 15) is 0 Å². The van der Waals surface area contributed by atoms with Gasteiger partial charge in [0.1, 0.15) is 0 Å². The monoisotopic (exact) mass is 611 g/mol. The summed E-state index contributed by atoms with van der Waals surface area (Å²) in [7, 11) is 0. The number of fused-ring (bicyclic) bond motifs is 3. The van der Waals surface area contributed by atoms with E-state index < -0.39 is 0 Å². The Bertz CT molecular complexity index is 2620. The SMILES string of the molecule is c1ccc(-c2nc(-c3cccc(-c4cccc5ccccc45)c3)nc(-c3ccc4ccccc4c3-c3ccc4ccccc4c3)n2)cc1. The van der Waals surface area contributed by atoms with E-state index in [4.69, 9.17) is 15.0 Å². The lowest BCUT2D eigenvalue weighted by Crippen LogP contribution is -2.01. The molecule has 1 heterocycles. The molecular weight excluding hydrogens is 583 g/mol. The maximum atomic E-state index is 5.23. The van der Waals surface area contributed by atoms with Crippen LogP contribution >= 0.6 is 0 Å². The van der Waals surface area contributed by atoms with E-state index in [0.29, 0.717) is 17.5 Å². The highest BCUT2D eigenvalue weighted by molar-refractivity contribution is 6.05. The Kier molecular flexibility index (Phi) is 6.80. The van der Waals surface area contributed by atoms with Crippen molar-refractivity contribution >= 4 is 32.3 Å². The second-order valence-corrected chi connectivity index (χ2v) is 12.1. The number of nitrogens with zero attached hydrogens (tertiary/aromatic N) is 3. The van der Waals surface area contributed by atoms with Crippen molar-refractivity contribution in [1.82, 2.24) is 15.0 Å². The van der Waals surface area contributed by atoms with Gasteiger partial charge in [-0.15, -0.1) is 0 Å². The molecule has 3 nitrogen and oxygen atoms in total. The van der Waals surface area contributed by atoms with Gasteiger partial charge in [0, 0.05) is 22.3 Å². The van der Waals surface area contributed by atoms with Crippen LogP contribution in [-0.4, -0.2) is 15.0 Å². The van der Waals surface area contributed by atoms with Crippen molar-refractivity contribution < 1.29 is 0 Å². The van der Waals surface area contributed by atoms with Gasteiger partial charge in [0.15, 0.2) is 17.5 Å². The molecule has 0 N–H and O–H groups in total. The smallest absolute Gasteiger partial charge is 0.164 e. The summed E-state index contributed by atoms with van der Waals surface area (Å²) in [5.74, 6) is 1.92. The van der Waals surface area contributed by atoms with E-state index >= 15 is 0 Å². The third-order valence-corrected chi connectivity index (χ3v) is 9.10. The summed E-state index contributed by atoms with van der Waals surface area (Å²) < 4.78 is 0. The zero-order chi connectivity index (χ0) is 31.9. The normalized spacial score (nSPS) is 11.3. The second kappa shape index (κ2) is 11.7. The predicted molar refractivity (Wildman–Crippen MR) is 200 cm³/mol. The van der Waals surface area contributed by atoms with Crippen LogP contribution in [0.25, 0.3) is 88.7 Å². The van der Waals surface area contributed by atoms with Crippen LogP contribution < -0.4 is 0 Å². The molecular formula is C45H29N3. The van der Waals surface area contributed by atoms with Gasteiger partial charge < -0.3 is 0 Å². The molecule has 0 saturated carbocycles. The molecule has 3 heteroatoms. The largest absolute Gasteiger partial charge is 0.208 e. The van der Waals surface area contributed by atoms with E-state index in [0.717, 1.165) is 38.8 Å². The van der Waals surface area contributed by atoms with Crippen molar-refractivity contribution in [2.45, 2.75) is 0 Å². The quantitative estimate of drug-likeness (QED) is 0.194. The molecule has 0 spiro atoms. The lowest BCUT2D eigenvalue weighted by molar-refractivity contribution is 1.07. The number of benzene rings is 8. The Labute approximate surface area is 278 Å². The lowest BCUT2D eigenvalue weighted by Gasteiger charge is -2.15. The number of rotatable bonds is 5. The predicted octanol–water partition coefficient (Wildman–Crippen LogP) is 11.7. The highest BCUT2D eigenvalue weighted by Gasteiger charge is 2.18. The summed E-state index contributed by atoms with van der Waals surface area (Å²) in [4.78, 5) is 15.5. The van der Waals surface area contributed by atoms with Gasteiger partial charge >= 0.3 is 0 Å². The Hall–Kier alpha value is -6.45. The molecule has 0 unspecified atom stereocenters. The van der Waals surface area contributed by atoms with Gasteiger partial charge in [-0.25, -0.2) is 15.0 Å². The fourth-order valence-corrected chi connectivity index (χ4v) is 6.76. The van der Waals surface area contributed by atoms with E-state index in [-0.39, 0.29) is 0 Å². The fourth-order valence-electron chi connectivity index (χ4n) is 6.76. The molecule has 9 rings (SSSR count). The fraction of sp³-hybridized carbons (Fsp3) is 0. The Morgan fingerprint density at radius 3 is 1.67 bits per heavy atom. The van der Waals surface area contributed by atoms with Gasteiger partial charge in [-0.3, -0.25) is 0 Å². The van der Waals surface area contributed by atoms with Gasteiger partial charge in [-0.2, -0.15) is 0 Å². The first-order valence-electron chi connectivity index (χ1n) is 16.2. The second-order valence-electron chi connectivity index (χ2n) is 12.1. The van der Waals surface area contributed by atoms with Crippen molar-refractivity contribution in [3.05, 3.63) is 176 Å². The van der Waals surface area contributed by atoms with Crippen molar-refractivity contribution in [2.24, 2.45) is 0 Å². The van der Waals surface area contributed by atoms with Crippen LogP contribution in [0.1, 0.15) is 0 Å². The zero-order valence-electron chi connectivity index (χ0n) is 26.1. The molecule has 0 aliphatic heterocycles.